The lowest BCUT2D eigenvalue weighted by atomic mass is 9.97. The summed E-state index contributed by atoms with van der Waals surface area (Å²) in [6.45, 7) is 3.55. The number of piperidine rings is 1. The van der Waals surface area contributed by atoms with E-state index in [0.717, 1.165) is 11.6 Å². The maximum absolute atomic E-state index is 13.0. The van der Waals surface area contributed by atoms with E-state index >= 15 is 0 Å². The molecule has 1 heterocycles. The van der Waals surface area contributed by atoms with Gasteiger partial charge in [-0.2, -0.15) is 4.31 Å². The maximum atomic E-state index is 13.0. The van der Waals surface area contributed by atoms with E-state index in [4.69, 9.17) is 0 Å². The zero-order chi connectivity index (χ0) is 23.5. The predicted molar refractivity (Wildman–Crippen MR) is 116 cm³/mol. The molecule has 2 N–H and O–H groups in total. The Bertz CT molecular complexity index is 1160. The number of non-ortho nitro benzene ring substituents is 1. The van der Waals surface area contributed by atoms with Gasteiger partial charge in [-0.05, 0) is 43.9 Å². The minimum Gasteiger partial charge on any atom is -0.273 e. The van der Waals surface area contributed by atoms with Gasteiger partial charge in [0.25, 0.3) is 11.6 Å². The third-order valence-corrected chi connectivity index (χ3v) is 7.55. The summed E-state index contributed by atoms with van der Waals surface area (Å²) in [6, 6.07) is 10.7. The molecular formula is C21H24N4O6S. The molecule has 3 rings (SSSR count). The van der Waals surface area contributed by atoms with E-state index in [9.17, 15) is 28.1 Å². The Morgan fingerprint density at radius 2 is 1.69 bits per heavy atom. The standard InChI is InChI=1S/C21H24N4O6S/c1-14-5-3-4-6-18(14)21(27)23-22-20(26)16-9-11-24(12-10-16)32(30,31)19-13-17(25(28)29)8-7-15(19)2/h3-8,13,16H,9-12H2,1-2H3,(H,22,26)(H,23,27). The molecular weight excluding hydrogens is 436 g/mol. The van der Waals surface area contributed by atoms with Crippen molar-refractivity contribution in [3.05, 3.63) is 69.3 Å². The Kier molecular flexibility index (Phi) is 6.90. The molecule has 1 fully saturated rings. The van der Waals surface area contributed by atoms with Crippen LogP contribution in [0.2, 0.25) is 0 Å². The van der Waals surface area contributed by atoms with Gasteiger partial charge in [0.1, 0.15) is 0 Å². The topological polar surface area (TPSA) is 139 Å². The Hall–Kier alpha value is -3.31. The highest BCUT2D eigenvalue weighted by Crippen LogP contribution is 2.28. The number of carbonyl (C=O) groups is 2. The van der Waals surface area contributed by atoms with Crippen molar-refractivity contribution in [1.29, 1.82) is 0 Å². The second kappa shape index (κ2) is 9.45. The number of sulfonamides is 1. The molecule has 0 saturated carbocycles. The number of aryl methyl sites for hydroxylation is 2. The van der Waals surface area contributed by atoms with Crippen LogP contribution in [0.3, 0.4) is 0 Å². The number of nitro groups is 1. The van der Waals surface area contributed by atoms with E-state index in [-0.39, 0.29) is 36.5 Å². The van der Waals surface area contributed by atoms with Gasteiger partial charge in [-0.1, -0.05) is 24.3 Å². The molecule has 2 aromatic rings. The lowest BCUT2D eigenvalue weighted by Gasteiger charge is -2.30. The summed E-state index contributed by atoms with van der Waals surface area (Å²) in [6.07, 6.45) is 0.526. The molecule has 0 aliphatic carbocycles. The minimum atomic E-state index is -3.94. The molecule has 1 saturated heterocycles. The normalized spacial score (nSPS) is 15.2. The molecule has 170 valence electrons. The fraction of sp³-hybridized carbons (Fsp3) is 0.333. The molecule has 32 heavy (non-hydrogen) atoms. The minimum absolute atomic E-state index is 0.0916. The first-order chi connectivity index (χ1) is 15.1. The first kappa shape index (κ1) is 23.4. The van der Waals surface area contributed by atoms with Crippen molar-refractivity contribution in [3.8, 4) is 0 Å². The molecule has 0 aromatic heterocycles. The number of nitro benzene ring substituents is 1. The fourth-order valence-corrected chi connectivity index (χ4v) is 5.31. The van der Waals surface area contributed by atoms with Gasteiger partial charge in [-0.25, -0.2) is 8.42 Å². The van der Waals surface area contributed by atoms with Crippen molar-refractivity contribution < 1.29 is 22.9 Å². The van der Waals surface area contributed by atoms with Gasteiger partial charge >= 0.3 is 0 Å². The zero-order valence-corrected chi connectivity index (χ0v) is 18.5. The third kappa shape index (κ3) is 4.94. The van der Waals surface area contributed by atoms with Crippen molar-refractivity contribution in [2.24, 2.45) is 5.92 Å². The van der Waals surface area contributed by atoms with Gasteiger partial charge in [0, 0.05) is 36.7 Å². The lowest BCUT2D eigenvalue weighted by Crippen LogP contribution is -2.48. The zero-order valence-electron chi connectivity index (χ0n) is 17.7. The van der Waals surface area contributed by atoms with E-state index in [1.165, 1.54) is 16.4 Å². The molecule has 0 spiro atoms. The number of nitrogens with one attached hydrogen (secondary N) is 2. The highest BCUT2D eigenvalue weighted by Gasteiger charge is 2.33. The predicted octanol–water partition coefficient (Wildman–Crippen LogP) is 2.07. The van der Waals surface area contributed by atoms with Crippen LogP contribution in [-0.4, -0.2) is 42.6 Å². The largest absolute Gasteiger partial charge is 0.273 e. The number of hydrazine groups is 1. The first-order valence-electron chi connectivity index (χ1n) is 10.0. The smallest absolute Gasteiger partial charge is 0.270 e. The number of carbonyl (C=O) groups excluding carboxylic acids is 2. The monoisotopic (exact) mass is 460 g/mol. The SMILES string of the molecule is Cc1ccccc1C(=O)NNC(=O)C1CCN(S(=O)(=O)c2cc([N+](=O)[O-])ccc2C)CC1. The Labute approximate surface area is 185 Å². The van der Waals surface area contributed by atoms with Crippen LogP contribution in [0.4, 0.5) is 5.69 Å². The molecule has 1 aliphatic heterocycles. The highest BCUT2D eigenvalue weighted by molar-refractivity contribution is 7.89. The number of benzene rings is 2. The van der Waals surface area contributed by atoms with Gasteiger partial charge < -0.3 is 0 Å². The lowest BCUT2D eigenvalue weighted by molar-refractivity contribution is -0.385. The average molecular weight is 461 g/mol. The molecule has 2 amide bonds. The van der Waals surface area contributed by atoms with Crippen LogP contribution >= 0.6 is 0 Å². The van der Waals surface area contributed by atoms with Crippen molar-refractivity contribution in [1.82, 2.24) is 15.2 Å². The molecule has 0 radical (unpaired) electrons. The van der Waals surface area contributed by atoms with Crippen LogP contribution in [-0.2, 0) is 14.8 Å². The van der Waals surface area contributed by atoms with E-state index in [2.05, 4.69) is 10.9 Å². The highest BCUT2D eigenvalue weighted by atomic mass is 32.2. The van der Waals surface area contributed by atoms with E-state index in [1.807, 2.05) is 6.07 Å². The molecule has 0 unspecified atom stereocenters. The third-order valence-electron chi connectivity index (χ3n) is 5.51. The van der Waals surface area contributed by atoms with Crippen LogP contribution < -0.4 is 10.9 Å². The molecule has 0 atom stereocenters. The number of nitrogens with zero attached hydrogens (tertiary/aromatic N) is 2. The Morgan fingerprint density at radius 1 is 1.03 bits per heavy atom. The van der Waals surface area contributed by atoms with E-state index in [1.54, 1.807) is 32.0 Å². The Morgan fingerprint density at radius 3 is 2.31 bits per heavy atom. The molecule has 1 aliphatic rings. The molecule has 11 heteroatoms. The average Bonchev–Trinajstić information content (AvgIpc) is 2.77. The van der Waals surface area contributed by atoms with Gasteiger partial charge in [-0.3, -0.25) is 30.6 Å². The van der Waals surface area contributed by atoms with Crippen LogP contribution in [0.1, 0.15) is 34.3 Å². The number of rotatable bonds is 5. The molecule has 2 aromatic carbocycles. The fourth-order valence-electron chi connectivity index (χ4n) is 3.59. The second-order valence-corrected chi connectivity index (χ2v) is 9.55. The van der Waals surface area contributed by atoms with Gasteiger partial charge in [0.05, 0.1) is 9.82 Å². The number of amides is 2. The van der Waals surface area contributed by atoms with Crippen molar-refractivity contribution in [2.75, 3.05) is 13.1 Å². The molecule has 0 bridgehead atoms. The van der Waals surface area contributed by atoms with Crippen LogP contribution in [0, 0.1) is 29.9 Å². The molecule has 10 nitrogen and oxygen atoms in total. The van der Waals surface area contributed by atoms with E-state index in [0.29, 0.717) is 11.1 Å². The summed E-state index contributed by atoms with van der Waals surface area (Å²) >= 11 is 0. The summed E-state index contributed by atoms with van der Waals surface area (Å²) < 4.78 is 27.2. The second-order valence-electron chi connectivity index (χ2n) is 7.64. The Balaban J connectivity index is 1.60. The number of hydrogen-bond acceptors (Lipinski definition) is 6. The summed E-state index contributed by atoms with van der Waals surface area (Å²) in [7, 11) is -3.94. The summed E-state index contributed by atoms with van der Waals surface area (Å²) in [5.41, 5.74) is 6.14. The van der Waals surface area contributed by atoms with Gasteiger partial charge in [-0.15, -0.1) is 0 Å². The maximum Gasteiger partial charge on any atom is 0.270 e. The summed E-state index contributed by atoms with van der Waals surface area (Å²) in [5.74, 6) is -1.29. The van der Waals surface area contributed by atoms with Crippen molar-refractivity contribution >= 4 is 27.5 Å². The quantitative estimate of drug-likeness (QED) is 0.517. The van der Waals surface area contributed by atoms with Crippen LogP contribution in [0.5, 0.6) is 0 Å². The van der Waals surface area contributed by atoms with Crippen molar-refractivity contribution in [2.45, 2.75) is 31.6 Å². The summed E-state index contributed by atoms with van der Waals surface area (Å²) in [5, 5.41) is 11.0. The summed E-state index contributed by atoms with van der Waals surface area (Å²) in [4.78, 5) is 35.0. The van der Waals surface area contributed by atoms with Crippen molar-refractivity contribution in [3.63, 3.8) is 0 Å². The van der Waals surface area contributed by atoms with E-state index < -0.39 is 32.7 Å². The van der Waals surface area contributed by atoms with Gasteiger partial charge in [0.15, 0.2) is 0 Å². The van der Waals surface area contributed by atoms with Gasteiger partial charge in [0.2, 0.25) is 15.9 Å². The number of hydrogen-bond donors (Lipinski definition) is 2. The van der Waals surface area contributed by atoms with Crippen LogP contribution in [0.25, 0.3) is 0 Å². The first-order valence-corrected chi connectivity index (χ1v) is 11.5. The van der Waals surface area contributed by atoms with Crippen LogP contribution in [0.15, 0.2) is 47.4 Å².